The van der Waals surface area contributed by atoms with E-state index in [0.717, 1.165) is 6.08 Å². The summed E-state index contributed by atoms with van der Waals surface area (Å²) < 4.78 is 24.7. The molecule has 0 spiro atoms. The highest BCUT2D eigenvalue weighted by Crippen LogP contribution is 2.50. The Morgan fingerprint density at radius 1 is 0.857 bits per heavy atom. The van der Waals surface area contributed by atoms with Gasteiger partial charge in [-0.25, -0.2) is 18.9 Å². The van der Waals surface area contributed by atoms with E-state index in [-0.39, 0.29) is 16.7 Å². The van der Waals surface area contributed by atoms with Crippen molar-refractivity contribution in [1.29, 1.82) is 0 Å². The zero-order valence-corrected chi connectivity index (χ0v) is 16.5. The Balaban J connectivity index is 5.14. The largest absolute Gasteiger partial charge is 0.584 e. The van der Waals surface area contributed by atoms with Gasteiger partial charge in [-0.2, -0.15) is 0 Å². The van der Waals surface area contributed by atoms with Crippen LogP contribution in [0.5, 0.6) is 0 Å². The van der Waals surface area contributed by atoms with Gasteiger partial charge in [0, 0.05) is 16.7 Å². The molecule has 2 atom stereocenters. The molecule has 0 saturated heterocycles. The molecule has 0 fully saturated rings. The Bertz CT molecular complexity index is 674. The summed E-state index contributed by atoms with van der Waals surface area (Å²) in [7, 11) is -5.10. The molecular formula is C15H21O12P. The van der Waals surface area contributed by atoms with Crippen molar-refractivity contribution in [3.8, 4) is 0 Å². The minimum absolute atomic E-state index is 0.159. The summed E-state index contributed by atoms with van der Waals surface area (Å²) >= 11 is 0. The van der Waals surface area contributed by atoms with Gasteiger partial charge >= 0.3 is 25.7 Å². The number of rotatable bonds is 11. The first-order valence-corrected chi connectivity index (χ1v) is 8.92. The number of carbonyl (C=O) groups is 3. The summed E-state index contributed by atoms with van der Waals surface area (Å²) in [6.07, 6.45) is -1.67. The lowest BCUT2D eigenvalue weighted by atomic mass is 10.1. The molecule has 0 radical (unpaired) electrons. The van der Waals surface area contributed by atoms with E-state index in [4.69, 9.17) is 0 Å². The lowest BCUT2D eigenvalue weighted by Gasteiger charge is -2.14. The van der Waals surface area contributed by atoms with Crippen molar-refractivity contribution in [2.45, 2.75) is 39.9 Å². The predicted octanol–water partition coefficient (Wildman–Crippen LogP) is 1.36. The number of aliphatic hydroxyl groups excluding tert-OH is 2. The molecule has 2 N–H and O–H groups in total. The van der Waals surface area contributed by atoms with Gasteiger partial charge in [0.1, 0.15) is 0 Å². The van der Waals surface area contributed by atoms with Crippen LogP contribution in [0.15, 0.2) is 36.0 Å². The van der Waals surface area contributed by atoms with Crippen molar-refractivity contribution >= 4 is 25.7 Å². The first-order chi connectivity index (χ1) is 12.8. The number of phosphoric acid groups is 1. The van der Waals surface area contributed by atoms with Crippen molar-refractivity contribution in [3.63, 3.8) is 0 Å². The molecule has 0 saturated carbocycles. The summed E-state index contributed by atoms with van der Waals surface area (Å²) in [6, 6.07) is 0. The van der Waals surface area contributed by atoms with Crippen molar-refractivity contribution < 1.29 is 57.8 Å². The van der Waals surface area contributed by atoms with Gasteiger partial charge in [-0.3, -0.25) is 14.7 Å². The van der Waals surface area contributed by atoms with Crippen molar-refractivity contribution in [2.75, 3.05) is 0 Å². The molecule has 0 bridgehead atoms. The van der Waals surface area contributed by atoms with Crippen molar-refractivity contribution in [3.05, 3.63) is 36.0 Å². The fourth-order valence-corrected chi connectivity index (χ4v) is 1.50. The van der Waals surface area contributed by atoms with Crippen LogP contribution in [0.25, 0.3) is 0 Å². The smallest absolute Gasteiger partial charge is 0.390 e. The van der Waals surface area contributed by atoms with Gasteiger partial charge in [-0.1, -0.05) is 27.2 Å². The maximum absolute atomic E-state index is 12.3. The van der Waals surface area contributed by atoms with Crippen LogP contribution in [-0.4, -0.2) is 40.3 Å². The Labute approximate surface area is 160 Å². The van der Waals surface area contributed by atoms with Gasteiger partial charge in [-0.05, 0) is 33.8 Å². The van der Waals surface area contributed by atoms with Crippen LogP contribution in [0.3, 0.4) is 0 Å². The summed E-state index contributed by atoms with van der Waals surface area (Å²) in [5, 5.41) is 18.6. The molecule has 28 heavy (non-hydrogen) atoms. The second-order valence-electron chi connectivity index (χ2n) is 5.42. The first kappa shape index (κ1) is 25.7. The van der Waals surface area contributed by atoms with E-state index in [1.165, 1.54) is 27.7 Å². The molecule has 0 heterocycles. The van der Waals surface area contributed by atoms with E-state index >= 15 is 0 Å². The molecule has 2 unspecified atom stereocenters. The topological polar surface area (TPSA) is 164 Å². The molecule has 0 aliphatic heterocycles. The Morgan fingerprint density at radius 2 is 1.21 bits per heavy atom. The standard InChI is InChI=1S/C15H21O12P/c1-8(2)13(18)22-25-28(21,26-23-14(19)9(3)4)27-24-15(20)10(5)7-12(17)11(6)16/h7,11-12,16-17H,1,3H2,2,4-6H3/b10-7+. The fourth-order valence-electron chi connectivity index (χ4n) is 0.947. The zero-order chi connectivity index (χ0) is 22.1. The number of hydrogen-bond acceptors (Lipinski definition) is 12. The molecule has 13 heteroatoms. The summed E-state index contributed by atoms with van der Waals surface area (Å²) in [5.41, 5.74) is -0.584. The van der Waals surface area contributed by atoms with Crippen molar-refractivity contribution in [1.82, 2.24) is 0 Å². The maximum atomic E-state index is 12.3. The van der Waals surface area contributed by atoms with Gasteiger partial charge in [0.25, 0.3) is 0 Å². The molecule has 0 amide bonds. The average Bonchev–Trinajstić information content (AvgIpc) is 2.61. The van der Waals surface area contributed by atoms with Crippen LogP contribution in [0.2, 0.25) is 0 Å². The molecule has 12 nitrogen and oxygen atoms in total. The quantitative estimate of drug-likeness (QED) is 0.212. The summed E-state index contributed by atoms with van der Waals surface area (Å²) in [4.78, 5) is 46.8. The molecule has 0 rings (SSSR count). The van der Waals surface area contributed by atoms with E-state index in [1.54, 1.807) is 0 Å². The highest BCUT2D eigenvalue weighted by molar-refractivity contribution is 7.48. The van der Waals surface area contributed by atoms with E-state index in [0.29, 0.717) is 0 Å². The van der Waals surface area contributed by atoms with Gasteiger partial charge in [0.05, 0.1) is 12.2 Å². The highest BCUT2D eigenvalue weighted by atomic mass is 31.2. The van der Waals surface area contributed by atoms with Crippen LogP contribution in [0.1, 0.15) is 27.7 Å². The second kappa shape index (κ2) is 11.5. The predicted molar refractivity (Wildman–Crippen MR) is 90.2 cm³/mol. The Kier molecular flexibility index (Phi) is 10.5. The molecule has 0 aliphatic rings. The van der Waals surface area contributed by atoms with Gasteiger partial charge in [0.15, 0.2) is 0 Å². The second-order valence-corrected chi connectivity index (χ2v) is 6.77. The Morgan fingerprint density at radius 3 is 1.54 bits per heavy atom. The minimum atomic E-state index is -5.10. The average molecular weight is 424 g/mol. The maximum Gasteiger partial charge on any atom is 0.584 e. The van der Waals surface area contributed by atoms with Crippen LogP contribution in [0, 0.1) is 0 Å². The lowest BCUT2D eigenvalue weighted by molar-refractivity contribution is -0.293. The normalized spacial score (nSPS) is 13.9. The third-order valence-electron chi connectivity index (χ3n) is 2.55. The molecule has 0 aromatic carbocycles. The van der Waals surface area contributed by atoms with Crippen LogP contribution < -0.4 is 0 Å². The number of hydrogen-bond donors (Lipinski definition) is 2. The summed E-state index contributed by atoms with van der Waals surface area (Å²) in [6.45, 7) is 11.4. The van der Waals surface area contributed by atoms with E-state index in [2.05, 4.69) is 41.8 Å². The molecule has 0 aromatic heterocycles. The SMILES string of the molecule is C=C(C)C(=O)OOP(=O)(OOC(=O)C(=C)C)OOC(=O)/C(C)=C/C(O)C(C)O. The zero-order valence-electron chi connectivity index (χ0n) is 15.6. The van der Waals surface area contributed by atoms with E-state index < -0.39 is 37.9 Å². The van der Waals surface area contributed by atoms with E-state index in [1.807, 2.05) is 0 Å². The summed E-state index contributed by atoms with van der Waals surface area (Å²) in [5.74, 6) is -3.65. The van der Waals surface area contributed by atoms with Crippen LogP contribution in [-0.2, 0) is 47.6 Å². The highest BCUT2D eigenvalue weighted by Gasteiger charge is 2.38. The Hall–Kier alpha value is -2.34. The molecule has 158 valence electrons. The monoisotopic (exact) mass is 424 g/mol. The van der Waals surface area contributed by atoms with E-state index in [9.17, 15) is 29.2 Å². The molecular weight excluding hydrogens is 403 g/mol. The third-order valence-corrected chi connectivity index (χ3v) is 3.32. The molecule has 0 aliphatic carbocycles. The number of aliphatic hydroxyl groups is 2. The third kappa shape index (κ3) is 9.55. The van der Waals surface area contributed by atoms with Gasteiger partial charge < -0.3 is 10.2 Å². The molecule has 0 aromatic rings. The minimum Gasteiger partial charge on any atom is -0.390 e. The van der Waals surface area contributed by atoms with Crippen molar-refractivity contribution in [2.24, 2.45) is 0 Å². The van der Waals surface area contributed by atoms with Gasteiger partial charge in [-0.15, -0.1) is 0 Å². The number of carbonyl (C=O) groups excluding carboxylic acids is 3. The van der Waals surface area contributed by atoms with Crippen LogP contribution >= 0.6 is 7.82 Å². The first-order valence-electron chi connectivity index (χ1n) is 7.46. The lowest BCUT2D eigenvalue weighted by Crippen LogP contribution is -2.21. The fraction of sp³-hybridized carbons (Fsp3) is 0.400. The van der Waals surface area contributed by atoms with Gasteiger partial charge in [0.2, 0.25) is 0 Å². The van der Waals surface area contributed by atoms with Crippen LogP contribution in [0.4, 0.5) is 0 Å².